The van der Waals surface area contributed by atoms with Crippen LogP contribution in [0.15, 0.2) is 42.5 Å². The van der Waals surface area contributed by atoms with Crippen LogP contribution in [0.3, 0.4) is 0 Å². The molecule has 1 aliphatic heterocycles. The first-order valence-electron chi connectivity index (χ1n) is 11.3. The molecule has 0 unspecified atom stereocenters. The van der Waals surface area contributed by atoms with Gasteiger partial charge in [-0.1, -0.05) is 44.2 Å². The minimum atomic E-state index is -0.215. The molecular formula is C25H34FN3OS. The van der Waals surface area contributed by atoms with Gasteiger partial charge in [0.15, 0.2) is 5.11 Å². The molecule has 1 heterocycles. The molecule has 0 atom stereocenters. The molecule has 168 valence electrons. The van der Waals surface area contributed by atoms with Gasteiger partial charge in [0, 0.05) is 38.4 Å². The van der Waals surface area contributed by atoms with Gasteiger partial charge in [0.2, 0.25) is 0 Å². The van der Waals surface area contributed by atoms with Crippen LogP contribution in [0, 0.1) is 5.82 Å². The molecule has 4 nitrogen and oxygen atoms in total. The van der Waals surface area contributed by atoms with Crippen LogP contribution >= 0.6 is 12.2 Å². The van der Waals surface area contributed by atoms with Crippen molar-refractivity contribution in [2.75, 3.05) is 44.7 Å². The van der Waals surface area contributed by atoms with Crippen LogP contribution < -0.4 is 5.32 Å². The summed E-state index contributed by atoms with van der Waals surface area (Å²) >= 11 is 5.87. The summed E-state index contributed by atoms with van der Waals surface area (Å²) in [5.41, 5.74) is 4.74. The van der Waals surface area contributed by atoms with Gasteiger partial charge in [0.05, 0.1) is 13.2 Å². The Morgan fingerprint density at radius 3 is 2.32 bits per heavy atom. The van der Waals surface area contributed by atoms with Crippen molar-refractivity contribution in [3.63, 3.8) is 0 Å². The third kappa shape index (κ3) is 6.99. The molecule has 0 spiro atoms. The first kappa shape index (κ1) is 23.6. The predicted octanol–water partition coefficient (Wildman–Crippen LogP) is 4.87. The van der Waals surface area contributed by atoms with Crippen LogP contribution in [0.5, 0.6) is 0 Å². The number of aryl methyl sites for hydroxylation is 2. The van der Waals surface area contributed by atoms with Gasteiger partial charge in [0.25, 0.3) is 0 Å². The van der Waals surface area contributed by atoms with Crippen LogP contribution in [0.1, 0.15) is 37.0 Å². The topological polar surface area (TPSA) is 27.7 Å². The molecule has 1 N–H and O–H groups in total. The van der Waals surface area contributed by atoms with E-state index in [4.69, 9.17) is 17.0 Å². The van der Waals surface area contributed by atoms with Crippen LogP contribution in [0.25, 0.3) is 0 Å². The zero-order valence-corrected chi connectivity index (χ0v) is 19.5. The summed E-state index contributed by atoms with van der Waals surface area (Å²) in [6.45, 7) is 10.5. The Morgan fingerprint density at radius 2 is 1.71 bits per heavy atom. The van der Waals surface area contributed by atoms with E-state index in [1.54, 1.807) is 0 Å². The fourth-order valence-corrected chi connectivity index (χ4v) is 4.22. The van der Waals surface area contributed by atoms with Crippen molar-refractivity contribution in [1.29, 1.82) is 0 Å². The van der Waals surface area contributed by atoms with Gasteiger partial charge >= 0.3 is 0 Å². The molecule has 0 bridgehead atoms. The van der Waals surface area contributed by atoms with Crippen molar-refractivity contribution >= 4 is 23.0 Å². The highest BCUT2D eigenvalue weighted by Gasteiger charge is 2.16. The molecule has 3 rings (SSSR count). The maximum atomic E-state index is 13.4. The molecule has 1 aliphatic rings. The highest BCUT2D eigenvalue weighted by Crippen LogP contribution is 2.23. The smallest absolute Gasteiger partial charge is 0.173 e. The Balaban J connectivity index is 1.71. The summed E-state index contributed by atoms with van der Waals surface area (Å²) in [6.07, 6.45) is 2.92. The lowest BCUT2D eigenvalue weighted by atomic mass is 10.0. The second-order valence-corrected chi connectivity index (χ2v) is 8.33. The van der Waals surface area contributed by atoms with E-state index in [-0.39, 0.29) is 5.82 Å². The zero-order valence-electron chi connectivity index (χ0n) is 18.7. The molecule has 0 radical (unpaired) electrons. The second-order valence-electron chi connectivity index (χ2n) is 7.94. The number of para-hydroxylation sites is 1. The van der Waals surface area contributed by atoms with Crippen LogP contribution in [0.4, 0.5) is 10.1 Å². The van der Waals surface area contributed by atoms with E-state index >= 15 is 0 Å². The molecule has 6 heteroatoms. The number of nitrogens with zero attached hydrogens (tertiary/aromatic N) is 2. The van der Waals surface area contributed by atoms with E-state index in [0.29, 0.717) is 6.54 Å². The Morgan fingerprint density at radius 1 is 1.06 bits per heavy atom. The summed E-state index contributed by atoms with van der Waals surface area (Å²) in [5.74, 6) is -0.215. The standard InChI is InChI=1S/C25H34FN3OS/c1-3-21-7-5-8-22(4-2)24(21)27-25(31)29(19-20-9-11-23(26)12-10-20)14-6-13-28-15-17-30-18-16-28/h5,7-12H,3-4,6,13-19H2,1-2H3,(H,27,31). The Bertz CT molecular complexity index is 815. The summed E-state index contributed by atoms with van der Waals surface area (Å²) in [5, 5.41) is 4.27. The van der Waals surface area contributed by atoms with Gasteiger partial charge in [-0.05, 0) is 60.3 Å². The average molecular weight is 444 g/mol. The van der Waals surface area contributed by atoms with Crippen molar-refractivity contribution in [1.82, 2.24) is 9.80 Å². The minimum Gasteiger partial charge on any atom is -0.379 e. The number of ether oxygens (including phenoxy) is 1. The number of benzene rings is 2. The normalized spacial score (nSPS) is 14.4. The molecule has 0 aromatic heterocycles. The fraction of sp³-hybridized carbons (Fsp3) is 0.480. The van der Waals surface area contributed by atoms with E-state index < -0.39 is 0 Å². The van der Waals surface area contributed by atoms with Crippen molar-refractivity contribution < 1.29 is 9.13 Å². The third-order valence-corrected chi connectivity index (χ3v) is 6.17. The van der Waals surface area contributed by atoms with Crippen molar-refractivity contribution in [3.8, 4) is 0 Å². The van der Waals surface area contributed by atoms with Crippen LogP contribution in [-0.2, 0) is 24.1 Å². The maximum Gasteiger partial charge on any atom is 0.173 e. The molecule has 1 saturated heterocycles. The highest BCUT2D eigenvalue weighted by atomic mass is 32.1. The quantitative estimate of drug-likeness (QED) is 0.558. The van der Waals surface area contributed by atoms with Gasteiger partial charge in [-0.2, -0.15) is 0 Å². The highest BCUT2D eigenvalue weighted by molar-refractivity contribution is 7.80. The number of anilines is 1. The van der Waals surface area contributed by atoms with E-state index in [1.165, 1.54) is 23.3 Å². The van der Waals surface area contributed by atoms with Crippen molar-refractivity contribution in [2.24, 2.45) is 0 Å². The van der Waals surface area contributed by atoms with Gasteiger partial charge in [-0.15, -0.1) is 0 Å². The van der Waals surface area contributed by atoms with E-state index in [1.807, 2.05) is 12.1 Å². The Kier molecular flexibility index (Phi) is 9.25. The molecule has 0 amide bonds. The van der Waals surface area contributed by atoms with Crippen molar-refractivity contribution in [2.45, 2.75) is 39.7 Å². The predicted molar refractivity (Wildman–Crippen MR) is 130 cm³/mol. The SMILES string of the molecule is CCc1cccc(CC)c1NC(=S)N(CCCN1CCOCC1)Cc1ccc(F)cc1. The Labute approximate surface area is 191 Å². The monoisotopic (exact) mass is 443 g/mol. The molecule has 1 fully saturated rings. The summed E-state index contributed by atoms with van der Waals surface area (Å²) in [6, 6.07) is 13.1. The van der Waals surface area contributed by atoms with Gasteiger partial charge in [-0.25, -0.2) is 4.39 Å². The number of hydrogen-bond donors (Lipinski definition) is 1. The third-order valence-electron chi connectivity index (χ3n) is 5.81. The number of morpholine rings is 1. The van der Waals surface area contributed by atoms with Crippen LogP contribution in [-0.4, -0.2) is 54.3 Å². The van der Waals surface area contributed by atoms with Crippen LogP contribution in [0.2, 0.25) is 0 Å². The van der Waals surface area contributed by atoms with E-state index in [0.717, 1.165) is 75.0 Å². The largest absolute Gasteiger partial charge is 0.379 e. The lowest BCUT2D eigenvalue weighted by molar-refractivity contribution is 0.0368. The lowest BCUT2D eigenvalue weighted by Gasteiger charge is -2.30. The molecule has 0 aliphatic carbocycles. The van der Waals surface area contributed by atoms with Gasteiger partial charge < -0.3 is 15.0 Å². The molecular weight excluding hydrogens is 409 g/mol. The first-order valence-corrected chi connectivity index (χ1v) is 11.7. The molecule has 0 saturated carbocycles. The fourth-order valence-electron chi connectivity index (χ4n) is 3.96. The molecule has 31 heavy (non-hydrogen) atoms. The van der Waals surface area contributed by atoms with Gasteiger partial charge in [-0.3, -0.25) is 4.90 Å². The summed E-state index contributed by atoms with van der Waals surface area (Å²) in [4.78, 5) is 4.65. The average Bonchev–Trinajstić information content (AvgIpc) is 2.80. The number of hydrogen-bond acceptors (Lipinski definition) is 3. The van der Waals surface area contributed by atoms with E-state index in [9.17, 15) is 4.39 Å². The van der Waals surface area contributed by atoms with E-state index in [2.05, 4.69) is 47.2 Å². The maximum absolute atomic E-state index is 13.4. The van der Waals surface area contributed by atoms with Gasteiger partial charge in [0.1, 0.15) is 5.82 Å². The molecule has 2 aromatic carbocycles. The zero-order chi connectivity index (χ0) is 22.1. The number of halogens is 1. The number of rotatable bonds is 9. The molecule has 2 aromatic rings. The summed E-state index contributed by atoms with van der Waals surface area (Å²) < 4.78 is 18.8. The number of thiocarbonyl (C=S) groups is 1. The van der Waals surface area contributed by atoms with Crippen molar-refractivity contribution in [3.05, 3.63) is 65.0 Å². The minimum absolute atomic E-state index is 0.215. The number of nitrogens with one attached hydrogen (secondary N) is 1. The lowest BCUT2D eigenvalue weighted by Crippen LogP contribution is -2.40. The first-order chi connectivity index (χ1) is 15.1. The Hall–Kier alpha value is -2.02. The summed E-state index contributed by atoms with van der Waals surface area (Å²) in [7, 11) is 0. The second kappa shape index (κ2) is 12.1.